The molecule has 1 aliphatic heterocycles. The molecular formula is C8H17NO2. The lowest BCUT2D eigenvalue weighted by molar-refractivity contribution is 0.210. The predicted octanol–water partition coefficient (Wildman–Crippen LogP) is -0.413. The van der Waals surface area contributed by atoms with E-state index in [2.05, 4.69) is 5.32 Å². The maximum absolute atomic E-state index is 8.72. The van der Waals surface area contributed by atoms with Gasteiger partial charge in [-0.1, -0.05) is 0 Å². The van der Waals surface area contributed by atoms with Crippen molar-refractivity contribution < 1.29 is 10.2 Å². The number of aliphatic hydroxyl groups excluding tert-OH is 2. The van der Waals surface area contributed by atoms with Gasteiger partial charge in [0.1, 0.15) is 0 Å². The fourth-order valence-corrected chi connectivity index (χ4v) is 1.79. The zero-order valence-corrected chi connectivity index (χ0v) is 6.79. The summed E-state index contributed by atoms with van der Waals surface area (Å²) in [6, 6.07) is 0. The second-order valence-corrected chi connectivity index (χ2v) is 3.20. The first-order chi connectivity index (χ1) is 5.38. The van der Waals surface area contributed by atoms with Crippen LogP contribution in [0.15, 0.2) is 0 Å². The highest BCUT2D eigenvalue weighted by Gasteiger charge is 2.25. The minimum Gasteiger partial charge on any atom is -0.396 e. The molecule has 0 amide bonds. The van der Waals surface area contributed by atoms with Gasteiger partial charge in [0.05, 0.1) is 0 Å². The van der Waals surface area contributed by atoms with Crippen LogP contribution in [0.25, 0.3) is 0 Å². The zero-order chi connectivity index (χ0) is 8.10. The van der Waals surface area contributed by atoms with Crippen LogP contribution >= 0.6 is 0 Å². The number of hydrogen-bond acceptors (Lipinski definition) is 3. The highest BCUT2D eigenvalue weighted by molar-refractivity contribution is 4.80. The number of nitrogens with one attached hydrogen (secondary N) is 1. The third kappa shape index (κ3) is 2.43. The number of aliphatic hydroxyl groups is 2. The summed E-state index contributed by atoms with van der Waals surface area (Å²) < 4.78 is 0. The van der Waals surface area contributed by atoms with E-state index in [0.29, 0.717) is 11.8 Å². The van der Waals surface area contributed by atoms with Crippen molar-refractivity contribution in [1.29, 1.82) is 0 Å². The Labute approximate surface area is 67.4 Å². The van der Waals surface area contributed by atoms with Crippen LogP contribution in [0.3, 0.4) is 0 Å². The molecule has 3 heteroatoms. The van der Waals surface area contributed by atoms with Gasteiger partial charge in [-0.2, -0.15) is 0 Å². The van der Waals surface area contributed by atoms with Crippen molar-refractivity contribution in [1.82, 2.24) is 5.32 Å². The molecular weight excluding hydrogens is 142 g/mol. The first-order valence-corrected chi connectivity index (χ1v) is 4.31. The summed E-state index contributed by atoms with van der Waals surface area (Å²) in [6.45, 7) is 2.55. The summed E-state index contributed by atoms with van der Waals surface area (Å²) in [5.74, 6) is 1.15. The van der Waals surface area contributed by atoms with E-state index in [9.17, 15) is 0 Å². The predicted molar refractivity (Wildman–Crippen MR) is 43.3 cm³/mol. The van der Waals surface area contributed by atoms with Crippen LogP contribution in [0.2, 0.25) is 0 Å². The van der Waals surface area contributed by atoms with Crippen LogP contribution in [0.5, 0.6) is 0 Å². The van der Waals surface area contributed by atoms with Gasteiger partial charge in [-0.05, 0) is 37.8 Å². The second kappa shape index (κ2) is 4.70. The van der Waals surface area contributed by atoms with E-state index in [1.54, 1.807) is 0 Å². The molecule has 2 atom stereocenters. The van der Waals surface area contributed by atoms with E-state index < -0.39 is 0 Å². The van der Waals surface area contributed by atoms with E-state index >= 15 is 0 Å². The Kier molecular flexibility index (Phi) is 3.83. The summed E-state index contributed by atoms with van der Waals surface area (Å²) in [4.78, 5) is 0. The molecule has 1 saturated heterocycles. The molecule has 0 aromatic rings. The van der Waals surface area contributed by atoms with E-state index in [1.165, 1.54) is 0 Å². The van der Waals surface area contributed by atoms with Crippen LogP contribution in [0, 0.1) is 11.8 Å². The van der Waals surface area contributed by atoms with Gasteiger partial charge < -0.3 is 15.5 Å². The Morgan fingerprint density at radius 1 is 1.00 bits per heavy atom. The summed E-state index contributed by atoms with van der Waals surface area (Å²) >= 11 is 0. The molecule has 0 aromatic heterocycles. The van der Waals surface area contributed by atoms with Crippen molar-refractivity contribution in [3.8, 4) is 0 Å². The maximum atomic E-state index is 8.72. The quantitative estimate of drug-likeness (QED) is 0.522. The summed E-state index contributed by atoms with van der Waals surface area (Å²) in [6.07, 6.45) is 1.75. The van der Waals surface area contributed by atoms with Crippen molar-refractivity contribution >= 4 is 0 Å². The minimum atomic E-state index is 0.272. The molecule has 0 bridgehead atoms. The third-order valence-corrected chi connectivity index (χ3v) is 2.48. The smallest absolute Gasteiger partial charge is 0.0434 e. The molecule has 0 radical (unpaired) electrons. The lowest BCUT2D eigenvalue weighted by Gasteiger charge is -2.15. The topological polar surface area (TPSA) is 52.5 Å². The van der Waals surface area contributed by atoms with Crippen LogP contribution in [0.1, 0.15) is 12.8 Å². The average Bonchev–Trinajstić information content (AvgIpc) is 2.39. The standard InChI is InChI=1S/C8H17NO2/c10-3-1-7-5-9-6-8(7)2-4-11/h7-11H,1-6H2. The number of hydrogen-bond donors (Lipinski definition) is 3. The van der Waals surface area contributed by atoms with Crippen LogP contribution in [0.4, 0.5) is 0 Å². The largest absolute Gasteiger partial charge is 0.396 e. The monoisotopic (exact) mass is 159 g/mol. The Morgan fingerprint density at radius 3 is 1.82 bits per heavy atom. The number of rotatable bonds is 4. The van der Waals surface area contributed by atoms with Crippen molar-refractivity contribution in [3.05, 3.63) is 0 Å². The van der Waals surface area contributed by atoms with Gasteiger partial charge >= 0.3 is 0 Å². The molecule has 1 aliphatic rings. The fraction of sp³-hybridized carbons (Fsp3) is 1.00. The molecule has 0 spiro atoms. The average molecular weight is 159 g/mol. The van der Waals surface area contributed by atoms with Crippen LogP contribution < -0.4 is 5.32 Å². The summed E-state index contributed by atoms with van der Waals surface area (Å²) in [5, 5.41) is 20.7. The Bertz CT molecular complexity index is 96.3. The minimum absolute atomic E-state index is 0.272. The molecule has 1 heterocycles. The SMILES string of the molecule is OCCC1CNCC1CCO. The lowest BCUT2D eigenvalue weighted by Crippen LogP contribution is -2.15. The normalized spacial score (nSPS) is 31.1. The Hall–Kier alpha value is -0.120. The molecule has 66 valence electrons. The summed E-state index contributed by atoms with van der Waals surface area (Å²) in [5.41, 5.74) is 0. The summed E-state index contributed by atoms with van der Waals surface area (Å²) in [7, 11) is 0. The van der Waals surface area contributed by atoms with Gasteiger partial charge in [-0.15, -0.1) is 0 Å². The van der Waals surface area contributed by atoms with E-state index in [0.717, 1.165) is 25.9 Å². The van der Waals surface area contributed by atoms with Gasteiger partial charge in [0, 0.05) is 13.2 Å². The molecule has 0 saturated carbocycles. The molecule has 2 unspecified atom stereocenters. The van der Waals surface area contributed by atoms with Gasteiger partial charge in [0.15, 0.2) is 0 Å². The fourth-order valence-electron chi connectivity index (χ4n) is 1.79. The van der Waals surface area contributed by atoms with Gasteiger partial charge in [0.25, 0.3) is 0 Å². The van der Waals surface area contributed by atoms with Gasteiger partial charge in [0.2, 0.25) is 0 Å². The molecule has 1 rings (SSSR count). The zero-order valence-electron chi connectivity index (χ0n) is 6.79. The van der Waals surface area contributed by atoms with E-state index in [1.807, 2.05) is 0 Å². The molecule has 0 aromatic carbocycles. The van der Waals surface area contributed by atoms with Crippen LogP contribution in [-0.4, -0.2) is 36.5 Å². The lowest BCUT2D eigenvalue weighted by atomic mass is 9.91. The molecule has 0 aliphatic carbocycles. The molecule has 3 nitrogen and oxygen atoms in total. The van der Waals surface area contributed by atoms with E-state index in [-0.39, 0.29) is 13.2 Å². The van der Waals surface area contributed by atoms with E-state index in [4.69, 9.17) is 10.2 Å². The first kappa shape index (κ1) is 8.97. The van der Waals surface area contributed by atoms with Crippen molar-refractivity contribution in [2.45, 2.75) is 12.8 Å². The maximum Gasteiger partial charge on any atom is 0.0434 e. The van der Waals surface area contributed by atoms with Crippen LogP contribution in [-0.2, 0) is 0 Å². The van der Waals surface area contributed by atoms with Gasteiger partial charge in [-0.3, -0.25) is 0 Å². The van der Waals surface area contributed by atoms with Crippen molar-refractivity contribution in [2.75, 3.05) is 26.3 Å². The van der Waals surface area contributed by atoms with Crippen molar-refractivity contribution in [2.24, 2.45) is 11.8 Å². The Morgan fingerprint density at radius 2 is 1.45 bits per heavy atom. The first-order valence-electron chi connectivity index (χ1n) is 4.31. The third-order valence-electron chi connectivity index (χ3n) is 2.48. The highest BCUT2D eigenvalue weighted by Crippen LogP contribution is 2.22. The molecule has 1 fully saturated rings. The molecule has 11 heavy (non-hydrogen) atoms. The second-order valence-electron chi connectivity index (χ2n) is 3.20. The van der Waals surface area contributed by atoms with Gasteiger partial charge in [-0.25, -0.2) is 0 Å². The highest BCUT2D eigenvalue weighted by atomic mass is 16.3. The Balaban J connectivity index is 2.25. The van der Waals surface area contributed by atoms with Crippen molar-refractivity contribution in [3.63, 3.8) is 0 Å². The molecule has 3 N–H and O–H groups in total.